The first-order valence-corrected chi connectivity index (χ1v) is 6.97. The number of carbonyl (C=O) groups is 1. The molecule has 0 aliphatic carbocycles. The maximum Gasteiger partial charge on any atom is 0.164 e. The zero-order valence-corrected chi connectivity index (χ0v) is 12.5. The van der Waals surface area contributed by atoms with Gasteiger partial charge in [0.25, 0.3) is 0 Å². The number of halogens is 2. The van der Waals surface area contributed by atoms with E-state index in [1.54, 1.807) is 25.3 Å². The lowest BCUT2D eigenvalue weighted by Gasteiger charge is -2.05. The summed E-state index contributed by atoms with van der Waals surface area (Å²) >= 11 is 11.9. The number of ether oxygens (including phenoxy) is 1. The largest absolute Gasteiger partial charge is 0.497 e. The van der Waals surface area contributed by atoms with Gasteiger partial charge in [-0.3, -0.25) is 4.79 Å². The van der Waals surface area contributed by atoms with Crippen LogP contribution in [-0.4, -0.2) is 12.9 Å². The highest BCUT2D eigenvalue weighted by Gasteiger charge is 2.11. The Balaban J connectivity index is 2.02. The normalized spacial score (nSPS) is 10.3. The number of methoxy groups -OCH3 is 1. The van der Waals surface area contributed by atoms with Gasteiger partial charge in [-0.25, -0.2) is 0 Å². The SMILES string of the molecule is COc1ccc(CCC(=O)c2cc(Cl)ccc2Cl)cc1. The fraction of sp³-hybridized carbons (Fsp3) is 0.188. The highest BCUT2D eigenvalue weighted by atomic mass is 35.5. The van der Waals surface area contributed by atoms with Gasteiger partial charge < -0.3 is 4.74 Å². The maximum absolute atomic E-state index is 12.1. The van der Waals surface area contributed by atoms with Crippen LogP contribution < -0.4 is 4.74 Å². The van der Waals surface area contributed by atoms with Crippen molar-refractivity contribution in [2.75, 3.05) is 7.11 Å². The van der Waals surface area contributed by atoms with Crippen molar-refractivity contribution in [3.8, 4) is 5.75 Å². The Morgan fingerprint density at radius 2 is 1.80 bits per heavy atom. The first-order chi connectivity index (χ1) is 9.60. The second-order valence-electron chi connectivity index (χ2n) is 4.40. The van der Waals surface area contributed by atoms with Crippen molar-refractivity contribution in [1.29, 1.82) is 0 Å². The quantitative estimate of drug-likeness (QED) is 0.740. The summed E-state index contributed by atoms with van der Waals surface area (Å²) in [5.74, 6) is 0.797. The minimum absolute atomic E-state index is 0.00619. The molecule has 20 heavy (non-hydrogen) atoms. The van der Waals surface area contributed by atoms with Crippen LogP contribution in [0.25, 0.3) is 0 Å². The summed E-state index contributed by atoms with van der Waals surface area (Å²) in [7, 11) is 1.62. The third kappa shape index (κ3) is 3.75. The zero-order valence-electron chi connectivity index (χ0n) is 11.0. The molecule has 2 rings (SSSR count). The van der Waals surface area contributed by atoms with E-state index in [1.165, 1.54) is 0 Å². The average Bonchev–Trinajstić information content (AvgIpc) is 2.47. The molecule has 2 aromatic rings. The van der Waals surface area contributed by atoms with E-state index in [4.69, 9.17) is 27.9 Å². The van der Waals surface area contributed by atoms with Crippen LogP contribution in [0.1, 0.15) is 22.3 Å². The molecule has 2 nitrogen and oxygen atoms in total. The second-order valence-corrected chi connectivity index (χ2v) is 5.24. The smallest absolute Gasteiger partial charge is 0.164 e. The van der Waals surface area contributed by atoms with Gasteiger partial charge in [-0.15, -0.1) is 0 Å². The van der Waals surface area contributed by atoms with E-state index in [9.17, 15) is 4.79 Å². The van der Waals surface area contributed by atoms with Crippen molar-refractivity contribution in [2.24, 2.45) is 0 Å². The van der Waals surface area contributed by atoms with Crippen molar-refractivity contribution in [3.63, 3.8) is 0 Å². The van der Waals surface area contributed by atoms with E-state index in [0.29, 0.717) is 28.5 Å². The second kappa shape index (κ2) is 6.78. The molecule has 4 heteroatoms. The van der Waals surface area contributed by atoms with Crippen LogP contribution in [0.15, 0.2) is 42.5 Å². The summed E-state index contributed by atoms with van der Waals surface area (Å²) in [6.45, 7) is 0. The number of aryl methyl sites for hydroxylation is 1. The lowest BCUT2D eigenvalue weighted by atomic mass is 10.0. The summed E-state index contributed by atoms with van der Waals surface area (Å²) in [6.07, 6.45) is 1.05. The highest BCUT2D eigenvalue weighted by molar-refractivity contribution is 6.35. The van der Waals surface area contributed by atoms with Gasteiger partial charge in [0.1, 0.15) is 5.75 Å². The molecular formula is C16H14Cl2O2. The number of ketones is 1. The van der Waals surface area contributed by atoms with E-state index in [-0.39, 0.29) is 5.78 Å². The zero-order chi connectivity index (χ0) is 14.5. The Bertz CT molecular complexity index is 606. The van der Waals surface area contributed by atoms with E-state index in [0.717, 1.165) is 11.3 Å². The van der Waals surface area contributed by atoms with Crippen molar-refractivity contribution >= 4 is 29.0 Å². The molecule has 0 aliphatic rings. The summed E-state index contributed by atoms with van der Waals surface area (Å²) < 4.78 is 5.09. The van der Waals surface area contributed by atoms with Crippen molar-refractivity contribution < 1.29 is 9.53 Å². The van der Waals surface area contributed by atoms with Gasteiger partial charge in [0.2, 0.25) is 0 Å². The highest BCUT2D eigenvalue weighted by Crippen LogP contribution is 2.22. The number of carbonyl (C=O) groups excluding carboxylic acids is 1. The van der Waals surface area contributed by atoms with Gasteiger partial charge in [0.15, 0.2) is 5.78 Å². The monoisotopic (exact) mass is 308 g/mol. The third-order valence-corrected chi connectivity index (χ3v) is 3.59. The molecule has 0 radical (unpaired) electrons. The molecule has 0 atom stereocenters. The Hall–Kier alpha value is -1.51. The van der Waals surface area contributed by atoms with Gasteiger partial charge in [-0.2, -0.15) is 0 Å². The fourth-order valence-electron chi connectivity index (χ4n) is 1.90. The molecule has 0 saturated heterocycles. The molecule has 0 amide bonds. The molecule has 104 valence electrons. The predicted molar refractivity (Wildman–Crippen MR) is 82.1 cm³/mol. The molecule has 0 N–H and O–H groups in total. The minimum atomic E-state index is -0.00619. The Morgan fingerprint density at radius 3 is 2.45 bits per heavy atom. The summed E-state index contributed by atoms with van der Waals surface area (Å²) in [4.78, 5) is 12.1. The molecule has 0 bridgehead atoms. The number of Topliss-reactive ketones (excluding diaryl/α,β-unsaturated/α-hetero) is 1. The molecular weight excluding hydrogens is 295 g/mol. The summed E-state index contributed by atoms with van der Waals surface area (Å²) in [6, 6.07) is 12.6. The van der Waals surface area contributed by atoms with E-state index in [1.807, 2.05) is 24.3 Å². The molecule has 0 aliphatic heterocycles. The van der Waals surface area contributed by atoms with Crippen molar-refractivity contribution in [1.82, 2.24) is 0 Å². The van der Waals surface area contributed by atoms with Crippen molar-refractivity contribution in [2.45, 2.75) is 12.8 Å². The van der Waals surface area contributed by atoms with Crippen LogP contribution in [0.3, 0.4) is 0 Å². The lowest BCUT2D eigenvalue weighted by molar-refractivity contribution is 0.0983. The van der Waals surface area contributed by atoms with Crippen LogP contribution in [0, 0.1) is 0 Å². The Morgan fingerprint density at radius 1 is 1.10 bits per heavy atom. The Kier molecular flexibility index (Phi) is 5.05. The third-order valence-electron chi connectivity index (χ3n) is 3.03. The average molecular weight is 309 g/mol. The van der Waals surface area contributed by atoms with E-state index >= 15 is 0 Å². The number of benzene rings is 2. The number of hydrogen-bond acceptors (Lipinski definition) is 2. The van der Waals surface area contributed by atoms with Gasteiger partial charge in [-0.1, -0.05) is 35.3 Å². The van der Waals surface area contributed by atoms with Gasteiger partial charge >= 0.3 is 0 Å². The van der Waals surface area contributed by atoms with Crippen molar-refractivity contribution in [3.05, 3.63) is 63.6 Å². The van der Waals surface area contributed by atoms with Crippen LogP contribution >= 0.6 is 23.2 Å². The molecule has 2 aromatic carbocycles. The molecule has 0 fully saturated rings. The molecule has 0 aromatic heterocycles. The molecule has 0 saturated carbocycles. The van der Waals surface area contributed by atoms with Crippen LogP contribution in [-0.2, 0) is 6.42 Å². The number of hydrogen-bond donors (Lipinski definition) is 0. The summed E-state index contributed by atoms with van der Waals surface area (Å²) in [5, 5.41) is 0.955. The first kappa shape index (κ1) is 14.9. The standard InChI is InChI=1S/C16H14Cl2O2/c1-20-13-6-2-11(3-7-13)4-9-16(19)14-10-12(17)5-8-15(14)18/h2-3,5-8,10H,4,9H2,1H3. The molecule has 0 spiro atoms. The van der Waals surface area contributed by atoms with Gasteiger partial charge in [0.05, 0.1) is 12.1 Å². The van der Waals surface area contributed by atoms with E-state index < -0.39 is 0 Å². The topological polar surface area (TPSA) is 26.3 Å². The van der Waals surface area contributed by atoms with Gasteiger partial charge in [-0.05, 0) is 42.3 Å². The molecule has 0 unspecified atom stereocenters. The minimum Gasteiger partial charge on any atom is -0.497 e. The molecule has 0 heterocycles. The van der Waals surface area contributed by atoms with Crippen LogP contribution in [0.2, 0.25) is 10.0 Å². The Labute approximate surface area is 128 Å². The maximum atomic E-state index is 12.1. The van der Waals surface area contributed by atoms with Crippen LogP contribution in [0.5, 0.6) is 5.75 Å². The fourth-order valence-corrected chi connectivity index (χ4v) is 2.29. The predicted octanol–water partition coefficient (Wildman–Crippen LogP) is 4.82. The van der Waals surface area contributed by atoms with Gasteiger partial charge in [0, 0.05) is 17.0 Å². The lowest BCUT2D eigenvalue weighted by Crippen LogP contribution is -2.02. The van der Waals surface area contributed by atoms with E-state index in [2.05, 4.69) is 0 Å². The van der Waals surface area contributed by atoms with Crippen LogP contribution in [0.4, 0.5) is 0 Å². The number of rotatable bonds is 5. The first-order valence-electron chi connectivity index (χ1n) is 6.21. The summed E-state index contributed by atoms with van der Waals surface area (Å²) in [5.41, 5.74) is 1.56.